The fourth-order valence-electron chi connectivity index (χ4n) is 2.08. The monoisotopic (exact) mass is 295 g/mol. The molecule has 1 aromatic rings. The number of rotatable bonds is 7. The van der Waals surface area contributed by atoms with E-state index in [0.29, 0.717) is 6.54 Å². The minimum Gasteiger partial charge on any atom is -0.508 e. The Morgan fingerprint density at radius 3 is 2.57 bits per heavy atom. The largest absolute Gasteiger partial charge is 0.508 e. The predicted molar refractivity (Wildman–Crippen MR) is 79.5 cm³/mol. The second kappa shape index (κ2) is 7.58. The van der Waals surface area contributed by atoms with Crippen LogP contribution in [0, 0.1) is 10.1 Å². The third kappa shape index (κ3) is 4.71. The molecule has 0 saturated heterocycles. The third-order valence-electron chi connectivity index (χ3n) is 3.23. The number of phenolic OH excluding ortho intramolecular Hbond substituents is 1. The van der Waals surface area contributed by atoms with Crippen molar-refractivity contribution in [2.24, 2.45) is 0 Å². The number of carbonyl (C=O) groups excluding carboxylic acids is 1. The molecule has 7 heteroatoms. The van der Waals surface area contributed by atoms with Gasteiger partial charge in [0.1, 0.15) is 11.3 Å². The molecular weight excluding hydrogens is 274 g/mol. The van der Waals surface area contributed by atoms with E-state index in [9.17, 15) is 20.0 Å². The fourth-order valence-corrected chi connectivity index (χ4v) is 2.08. The Hall–Kier alpha value is -2.15. The summed E-state index contributed by atoms with van der Waals surface area (Å²) in [7, 11) is 0. The van der Waals surface area contributed by atoms with Gasteiger partial charge in [-0.1, -0.05) is 13.8 Å². The number of hydrogen-bond acceptors (Lipinski definition) is 5. The molecule has 2 N–H and O–H groups in total. The van der Waals surface area contributed by atoms with Crippen LogP contribution in [0.4, 0.5) is 5.69 Å². The molecule has 0 bridgehead atoms. The van der Waals surface area contributed by atoms with Crippen LogP contribution in [-0.4, -0.2) is 46.5 Å². The number of carbonyl (C=O) groups is 1. The number of nitro benzene ring substituents is 1. The smallest absolute Gasteiger partial charge is 0.282 e. The van der Waals surface area contributed by atoms with Crippen LogP contribution in [0.25, 0.3) is 0 Å². The molecule has 0 fully saturated rings. The van der Waals surface area contributed by atoms with Gasteiger partial charge in [0.25, 0.3) is 11.6 Å². The predicted octanol–water partition coefficient (Wildman–Crippen LogP) is 1.76. The van der Waals surface area contributed by atoms with E-state index in [-0.39, 0.29) is 23.0 Å². The van der Waals surface area contributed by atoms with E-state index in [1.807, 2.05) is 20.8 Å². The van der Waals surface area contributed by atoms with E-state index in [0.717, 1.165) is 25.2 Å². The Kier molecular flexibility index (Phi) is 6.10. The maximum absolute atomic E-state index is 12.1. The molecule has 1 amide bonds. The van der Waals surface area contributed by atoms with Gasteiger partial charge >= 0.3 is 0 Å². The van der Waals surface area contributed by atoms with Crippen LogP contribution in [-0.2, 0) is 0 Å². The lowest BCUT2D eigenvalue weighted by Crippen LogP contribution is -2.42. The van der Waals surface area contributed by atoms with Crippen molar-refractivity contribution in [2.75, 3.05) is 19.6 Å². The molecule has 0 radical (unpaired) electrons. The number of likely N-dealkylation sites (N-methyl/N-ethyl adjacent to an activating group) is 1. The highest BCUT2D eigenvalue weighted by Crippen LogP contribution is 2.23. The van der Waals surface area contributed by atoms with E-state index in [4.69, 9.17) is 0 Å². The maximum atomic E-state index is 12.1. The quantitative estimate of drug-likeness (QED) is 0.590. The molecular formula is C14H21N3O4. The molecule has 0 spiro atoms. The Morgan fingerprint density at radius 2 is 2.05 bits per heavy atom. The van der Waals surface area contributed by atoms with Crippen molar-refractivity contribution < 1.29 is 14.8 Å². The van der Waals surface area contributed by atoms with Crippen LogP contribution in [0.1, 0.15) is 31.1 Å². The van der Waals surface area contributed by atoms with Gasteiger partial charge in [-0.15, -0.1) is 0 Å². The van der Waals surface area contributed by atoms with Crippen molar-refractivity contribution in [3.63, 3.8) is 0 Å². The molecule has 1 aromatic carbocycles. The normalized spacial score (nSPS) is 12.2. The zero-order valence-electron chi connectivity index (χ0n) is 12.5. The third-order valence-corrected chi connectivity index (χ3v) is 3.23. The van der Waals surface area contributed by atoms with Crippen molar-refractivity contribution >= 4 is 11.6 Å². The van der Waals surface area contributed by atoms with Gasteiger partial charge in [-0.05, 0) is 32.1 Å². The number of hydrogen-bond donors (Lipinski definition) is 2. The first kappa shape index (κ1) is 16.9. The summed E-state index contributed by atoms with van der Waals surface area (Å²) < 4.78 is 0. The average Bonchev–Trinajstić information content (AvgIpc) is 2.44. The summed E-state index contributed by atoms with van der Waals surface area (Å²) in [5.74, 6) is -0.737. The number of nitrogens with zero attached hydrogens (tertiary/aromatic N) is 2. The molecule has 0 aromatic heterocycles. The SMILES string of the molecule is CCN(CC)CC(C)NC(=O)c1cc(O)ccc1[N+](=O)[O-]. The van der Waals surface area contributed by atoms with Crippen LogP contribution in [0.2, 0.25) is 0 Å². The van der Waals surface area contributed by atoms with E-state index in [1.54, 1.807) is 0 Å². The topological polar surface area (TPSA) is 95.7 Å². The molecule has 7 nitrogen and oxygen atoms in total. The lowest BCUT2D eigenvalue weighted by Gasteiger charge is -2.23. The van der Waals surface area contributed by atoms with Gasteiger partial charge in [-0.2, -0.15) is 0 Å². The number of nitro groups is 1. The van der Waals surface area contributed by atoms with Crippen molar-refractivity contribution in [3.05, 3.63) is 33.9 Å². The second-order valence-electron chi connectivity index (χ2n) is 4.82. The molecule has 0 heterocycles. The summed E-state index contributed by atoms with van der Waals surface area (Å²) >= 11 is 0. The minimum atomic E-state index is -0.636. The number of aromatic hydroxyl groups is 1. The Labute approximate surface area is 123 Å². The Bertz CT molecular complexity index is 515. The van der Waals surface area contributed by atoms with Gasteiger partial charge in [-0.25, -0.2) is 0 Å². The summed E-state index contributed by atoms with van der Waals surface area (Å²) in [4.78, 5) is 24.6. The van der Waals surface area contributed by atoms with Crippen LogP contribution < -0.4 is 5.32 Å². The highest BCUT2D eigenvalue weighted by Gasteiger charge is 2.22. The second-order valence-corrected chi connectivity index (χ2v) is 4.82. The molecule has 0 aliphatic carbocycles. The molecule has 1 rings (SSSR count). The number of amides is 1. The van der Waals surface area contributed by atoms with Gasteiger partial charge in [0.15, 0.2) is 0 Å². The number of nitrogens with one attached hydrogen (secondary N) is 1. The Balaban J connectivity index is 2.84. The summed E-state index contributed by atoms with van der Waals surface area (Å²) in [6.07, 6.45) is 0. The van der Waals surface area contributed by atoms with Crippen molar-refractivity contribution in [3.8, 4) is 5.75 Å². The van der Waals surface area contributed by atoms with Gasteiger partial charge < -0.3 is 15.3 Å². The lowest BCUT2D eigenvalue weighted by atomic mass is 10.1. The zero-order chi connectivity index (χ0) is 16.0. The molecule has 1 atom stereocenters. The first-order chi connectivity index (χ1) is 9.88. The van der Waals surface area contributed by atoms with Crippen LogP contribution in [0.5, 0.6) is 5.75 Å². The zero-order valence-corrected chi connectivity index (χ0v) is 12.5. The molecule has 21 heavy (non-hydrogen) atoms. The minimum absolute atomic E-state index is 0.133. The van der Waals surface area contributed by atoms with E-state index in [2.05, 4.69) is 10.2 Å². The Morgan fingerprint density at radius 1 is 1.43 bits per heavy atom. The summed E-state index contributed by atoms with van der Waals surface area (Å²) in [6.45, 7) is 8.28. The molecule has 1 unspecified atom stereocenters. The highest BCUT2D eigenvalue weighted by atomic mass is 16.6. The van der Waals surface area contributed by atoms with Gasteiger partial charge in [-0.3, -0.25) is 14.9 Å². The van der Waals surface area contributed by atoms with Gasteiger partial charge in [0, 0.05) is 18.7 Å². The van der Waals surface area contributed by atoms with Crippen LogP contribution in [0.15, 0.2) is 18.2 Å². The molecule has 116 valence electrons. The van der Waals surface area contributed by atoms with Crippen LogP contribution in [0.3, 0.4) is 0 Å². The summed E-state index contributed by atoms with van der Waals surface area (Å²) in [6, 6.07) is 3.27. The summed E-state index contributed by atoms with van der Waals surface area (Å²) in [5.41, 5.74) is -0.452. The molecule has 0 aliphatic heterocycles. The lowest BCUT2D eigenvalue weighted by molar-refractivity contribution is -0.385. The highest BCUT2D eigenvalue weighted by molar-refractivity contribution is 5.98. The molecule has 0 aliphatic rings. The van der Waals surface area contributed by atoms with Crippen molar-refractivity contribution in [1.82, 2.24) is 10.2 Å². The van der Waals surface area contributed by atoms with Gasteiger partial charge in [0.2, 0.25) is 0 Å². The van der Waals surface area contributed by atoms with Crippen molar-refractivity contribution in [1.29, 1.82) is 0 Å². The number of phenols is 1. The average molecular weight is 295 g/mol. The summed E-state index contributed by atoms with van der Waals surface area (Å²) in [5, 5.41) is 23.1. The standard InChI is InChI=1S/C14H21N3O4/c1-4-16(5-2)9-10(3)15-14(19)12-8-11(18)6-7-13(12)17(20)21/h6-8,10,18H,4-5,9H2,1-3H3,(H,15,19). The van der Waals surface area contributed by atoms with Crippen molar-refractivity contribution in [2.45, 2.75) is 26.8 Å². The van der Waals surface area contributed by atoms with E-state index < -0.39 is 10.8 Å². The van der Waals surface area contributed by atoms with Crippen LogP contribution >= 0.6 is 0 Å². The fraction of sp³-hybridized carbons (Fsp3) is 0.500. The molecule has 0 saturated carbocycles. The van der Waals surface area contributed by atoms with Gasteiger partial charge in [0.05, 0.1) is 4.92 Å². The van der Waals surface area contributed by atoms with E-state index >= 15 is 0 Å². The first-order valence-corrected chi connectivity index (χ1v) is 6.89. The maximum Gasteiger partial charge on any atom is 0.282 e. The number of benzene rings is 1. The van der Waals surface area contributed by atoms with E-state index in [1.165, 1.54) is 6.07 Å². The first-order valence-electron chi connectivity index (χ1n) is 6.89.